The van der Waals surface area contributed by atoms with Crippen LogP contribution in [-0.2, 0) is 17.8 Å². The third kappa shape index (κ3) is 4.22. The normalized spacial score (nSPS) is 15.1. The number of nitrogen functional groups attached to an aromatic ring is 1. The van der Waals surface area contributed by atoms with Gasteiger partial charge in [0.1, 0.15) is 5.82 Å². The predicted molar refractivity (Wildman–Crippen MR) is 55.7 cm³/mol. The molecule has 1 aliphatic rings. The second kappa shape index (κ2) is 5.69. The number of hydrogen-bond acceptors (Lipinski definition) is 4. The molecule has 102 valence electrons. The molecule has 2 rings (SSSR count). The van der Waals surface area contributed by atoms with E-state index in [1.165, 1.54) is 19.3 Å². The van der Waals surface area contributed by atoms with Crippen LogP contribution in [0.15, 0.2) is 0 Å². The predicted octanol–water partition coefficient (Wildman–Crippen LogP) is 1.22. The first kappa shape index (κ1) is 14.3. The van der Waals surface area contributed by atoms with E-state index in [1.54, 1.807) is 0 Å². The first-order valence-corrected chi connectivity index (χ1v) is 5.30. The van der Waals surface area contributed by atoms with Gasteiger partial charge in [-0.25, -0.2) is 9.48 Å². The van der Waals surface area contributed by atoms with Crippen molar-refractivity contribution in [2.75, 3.05) is 5.73 Å². The van der Waals surface area contributed by atoms with Gasteiger partial charge in [-0.1, -0.05) is 6.42 Å². The molecule has 0 bridgehead atoms. The van der Waals surface area contributed by atoms with Gasteiger partial charge in [0.15, 0.2) is 0 Å². The van der Waals surface area contributed by atoms with Gasteiger partial charge in [0.2, 0.25) is 5.95 Å². The number of aliphatic carboxylic acids is 1. The number of alkyl halides is 3. The van der Waals surface area contributed by atoms with Gasteiger partial charge < -0.3 is 10.8 Å². The Bertz CT molecular complexity index is 393. The number of anilines is 1. The van der Waals surface area contributed by atoms with E-state index < -0.39 is 12.1 Å². The number of aromatic nitrogens is 3. The number of carbonyl (C=O) groups is 1. The van der Waals surface area contributed by atoms with Gasteiger partial charge in [0.05, 0.1) is 0 Å². The van der Waals surface area contributed by atoms with Crippen LogP contribution in [0, 0.1) is 0 Å². The zero-order valence-corrected chi connectivity index (χ0v) is 9.44. The lowest BCUT2D eigenvalue weighted by Gasteiger charge is -1.96. The Kier molecular flexibility index (Phi) is 4.51. The van der Waals surface area contributed by atoms with Crippen LogP contribution in [0.1, 0.15) is 25.1 Å². The van der Waals surface area contributed by atoms with Gasteiger partial charge in [0, 0.05) is 13.0 Å². The van der Waals surface area contributed by atoms with Crippen molar-refractivity contribution in [1.29, 1.82) is 0 Å². The van der Waals surface area contributed by atoms with Crippen LogP contribution in [0.3, 0.4) is 0 Å². The second-order valence-corrected chi connectivity index (χ2v) is 3.72. The molecule has 0 amide bonds. The molecular formula is C9H13F3N4O2. The number of carboxylic acid groups (broad SMARTS) is 1. The van der Waals surface area contributed by atoms with Crippen molar-refractivity contribution in [3.8, 4) is 0 Å². The average Bonchev–Trinajstić information content (AvgIpc) is 2.44. The maximum atomic E-state index is 10.6. The van der Waals surface area contributed by atoms with Crippen LogP contribution >= 0.6 is 0 Å². The molecule has 0 radical (unpaired) electrons. The van der Waals surface area contributed by atoms with E-state index in [4.69, 9.17) is 15.6 Å². The van der Waals surface area contributed by atoms with Gasteiger partial charge in [-0.3, -0.25) is 0 Å². The summed E-state index contributed by atoms with van der Waals surface area (Å²) in [7, 11) is 0. The highest BCUT2D eigenvalue weighted by atomic mass is 19.4. The first-order chi connectivity index (χ1) is 8.30. The second-order valence-electron chi connectivity index (χ2n) is 3.72. The molecule has 9 heteroatoms. The van der Waals surface area contributed by atoms with E-state index >= 15 is 0 Å². The largest absolute Gasteiger partial charge is 0.490 e. The molecule has 0 saturated heterocycles. The molecule has 2 heterocycles. The summed E-state index contributed by atoms with van der Waals surface area (Å²) in [6.45, 7) is 0.986. The number of hydrogen-bond donors (Lipinski definition) is 2. The summed E-state index contributed by atoms with van der Waals surface area (Å²) < 4.78 is 33.7. The van der Waals surface area contributed by atoms with Gasteiger partial charge in [0.25, 0.3) is 0 Å². The standard InChI is InChI=1S/C7H12N4.C2HF3O2/c8-7-9-6-4-2-1-3-5-11(6)10-7;3-2(4,5)1(6)7/h1-5H2,(H2,8,10);(H,6,7). The number of halogens is 3. The van der Waals surface area contributed by atoms with Crippen molar-refractivity contribution < 1.29 is 23.1 Å². The van der Waals surface area contributed by atoms with Crippen molar-refractivity contribution in [3.63, 3.8) is 0 Å². The quantitative estimate of drug-likeness (QED) is 0.736. The third-order valence-corrected chi connectivity index (χ3v) is 2.28. The van der Waals surface area contributed by atoms with Crippen LogP contribution in [0.2, 0.25) is 0 Å². The van der Waals surface area contributed by atoms with Crippen LogP contribution in [0.4, 0.5) is 19.1 Å². The maximum absolute atomic E-state index is 10.6. The fraction of sp³-hybridized carbons (Fsp3) is 0.667. The minimum absolute atomic E-state index is 0.418. The van der Waals surface area contributed by atoms with E-state index in [2.05, 4.69) is 10.1 Å². The van der Waals surface area contributed by atoms with Crippen LogP contribution in [0.25, 0.3) is 0 Å². The Morgan fingerprint density at radius 2 is 1.94 bits per heavy atom. The maximum Gasteiger partial charge on any atom is 0.490 e. The highest BCUT2D eigenvalue weighted by Crippen LogP contribution is 2.13. The van der Waals surface area contributed by atoms with Crippen molar-refractivity contribution in [2.45, 2.75) is 38.4 Å². The Morgan fingerprint density at radius 3 is 2.50 bits per heavy atom. The lowest BCUT2D eigenvalue weighted by atomic mass is 10.2. The van der Waals surface area contributed by atoms with Crippen molar-refractivity contribution in [2.24, 2.45) is 0 Å². The smallest absolute Gasteiger partial charge is 0.475 e. The SMILES string of the molecule is Nc1nc2n(n1)CCCCC2.O=C(O)C(F)(F)F. The molecule has 1 aliphatic heterocycles. The molecule has 0 unspecified atom stereocenters. The summed E-state index contributed by atoms with van der Waals surface area (Å²) in [4.78, 5) is 13.0. The molecule has 18 heavy (non-hydrogen) atoms. The Labute approximate surface area is 101 Å². The molecule has 0 spiro atoms. The van der Waals surface area contributed by atoms with E-state index in [0.29, 0.717) is 5.95 Å². The van der Waals surface area contributed by atoms with E-state index in [9.17, 15) is 13.2 Å². The molecule has 0 atom stereocenters. The summed E-state index contributed by atoms with van der Waals surface area (Å²) in [6.07, 6.45) is -0.344. The number of rotatable bonds is 0. The van der Waals surface area contributed by atoms with Gasteiger partial charge in [-0.2, -0.15) is 18.2 Å². The molecule has 6 nitrogen and oxygen atoms in total. The minimum Gasteiger partial charge on any atom is -0.475 e. The number of nitrogens with zero attached hydrogens (tertiary/aromatic N) is 3. The fourth-order valence-electron chi connectivity index (χ4n) is 1.48. The minimum atomic E-state index is -5.08. The average molecular weight is 266 g/mol. The zero-order valence-electron chi connectivity index (χ0n) is 9.44. The highest BCUT2D eigenvalue weighted by molar-refractivity contribution is 5.73. The van der Waals surface area contributed by atoms with Gasteiger partial charge >= 0.3 is 12.1 Å². The van der Waals surface area contributed by atoms with E-state index in [0.717, 1.165) is 18.8 Å². The molecule has 0 aromatic carbocycles. The van der Waals surface area contributed by atoms with Crippen LogP contribution in [0.5, 0.6) is 0 Å². The highest BCUT2D eigenvalue weighted by Gasteiger charge is 2.38. The molecule has 0 fully saturated rings. The number of aryl methyl sites for hydroxylation is 2. The summed E-state index contributed by atoms with van der Waals surface area (Å²) in [5.41, 5.74) is 5.47. The Balaban J connectivity index is 0.000000203. The monoisotopic (exact) mass is 266 g/mol. The Morgan fingerprint density at radius 1 is 1.33 bits per heavy atom. The van der Waals surface area contributed by atoms with Crippen LogP contribution in [-0.4, -0.2) is 32.0 Å². The van der Waals surface area contributed by atoms with Crippen molar-refractivity contribution >= 4 is 11.9 Å². The zero-order chi connectivity index (χ0) is 13.8. The molecule has 3 N–H and O–H groups in total. The molecule has 1 aromatic heterocycles. The third-order valence-electron chi connectivity index (χ3n) is 2.28. The van der Waals surface area contributed by atoms with Crippen molar-refractivity contribution in [3.05, 3.63) is 5.82 Å². The molecule has 0 saturated carbocycles. The number of carboxylic acids is 1. The summed E-state index contributed by atoms with van der Waals surface area (Å²) in [5, 5.41) is 11.2. The Hall–Kier alpha value is -1.80. The molecule has 0 aliphatic carbocycles. The lowest BCUT2D eigenvalue weighted by molar-refractivity contribution is -0.192. The molecular weight excluding hydrogens is 253 g/mol. The van der Waals surface area contributed by atoms with Crippen LogP contribution < -0.4 is 5.73 Å². The number of nitrogens with two attached hydrogens (primary N) is 1. The van der Waals surface area contributed by atoms with Crippen molar-refractivity contribution in [1.82, 2.24) is 14.8 Å². The van der Waals surface area contributed by atoms with Gasteiger partial charge in [-0.15, -0.1) is 5.10 Å². The van der Waals surface area contributed by atoms with E-state index in [1.807, 2.05) is 4.68 Å². The topological polar surface area (TPSA) is 94.0 Å². The number of fused-ring (bicyclic) bond motifs is 1. The summed E-state index contributed by atoms with van der Waals surface area (Å²) in [6, 6.07) is 0. The van der Waals surface area contributed by atoms with Gasteiger partial charge in [-0.05, 0) is 12.8 Å². The van der Waals surface area contributed by atoms with E-state index in [-0.39, 0.29) is 0 Å². The lowest BCUT2D eigenvalue weighted by Crippen LogP contribution is -2.21. The molecule has 1 aromatic rings. The summed E-state index contributed by atoms with van der Waals surface area (Å²) in [5.74, 6) is -1.28. The fourth-order valence-corrected chi connectivity index (χ4v) is 1.48. The first-order valence-electron chi connectivity index (χ1n) is 5.30. The summed E-state index contributed by atoms with van der Waals surface area (Å²) >= 11 is 0.